The Morgan fingerprint density at radius 2 is 1.83 bits per heavy atom. The molecule has 6 heteroatoms. The van der Waals surface area contributed by atoms with Crippen LogP contribution in [0.15, 0.2) is 42.5 Å². The molecule has 2 aromatic carbocycles. The first-order valence-corrected chi connectivity index (χ1v) is 10.7. The van der Waals surface area contributed by atoms with Crippen LogP contribution in [0, 0.1) is 17.8 Å². The second-order valence-corrected chi connectivity index (χ2v) is 8.74. The number of aliphatic carboxylic acids is 1. The summed E-state index contributed by atoms with van der Waals surface area (Å²) in [7, 11) is 0. The smallest absolute Gasteiger partial charge is 0.325 e. The Hall–Kier alpha value is -2.73. The molecule has 2 aliphatic heterocycles. The van der Waals surface area contributed by atoms with Crippen molar-refractivity contribution < 1.29 is 19.5 Å². The van der Waals surface area contributed by atoms with Gasteiger partial charge < -0.3 is 5.11 Å². The standard InChI is InChI=1S/C24H28N2O4/c1-4-5-12-26-21(27)18-19(22(26)28)24(14(2)3,23(29)30)25-20(18)17-11-10-15-8-6-7-9-16(15)13-17/h6-11,13-14,18-20,25H,4-5,12H2,1-3H3,(H,29,30). The first-order chi connectivity index (χ1) is 14.3. The lowest BCUT2D eigenvalue weighted by molar-refractivity contribution is -0.153. The summed E-state index contributed by atoms with van der Waals surface area (Å²) in [6.45, 7) is 5.95. The van der Waals surface area contributed by atoms with Crippen molar-refractivity contribution in [2.45, 2.75) is 45.2 Å². The number of rotatable bonds is 6. The number of benzene rings is 2. The van der Waals surface area contributed by atoms with E-state index in [4.69, 9.17) is 0 Å². The van der Waals surface area contributed by atoms with E-state index in [-0.39, 0.29) is 17.7 Å². The lowest BCUT2D eigenvalue weighted by atomic mass is 9.73. The number of imide groups is 1. The quantitative estimate of drug-likeness (QED) is 0.716. The van der Waals surface area contributed by atoms with Gasteiger partial charge in [0.25, 0.3) is 0 Å². The zero-order valence-electron chi connectivity index (χ0n) is 17.6. The molecule has 30 heavy (non-hydrogen) atoms. The van der Waals surface area contributed by atoms with Crippen LogP contribution in [0.2, 0.25) is 0 Å². The number of carbonyl (C=O) groups excluding carboxylic acids is 2. The molecule has 0 aromatic heterocycles. The summed E-state index contributed by atoms with van der Waals surface area (Å²) in [6.07, 6.45) is 1.57. The third-order valence-corrected chi connectivity index (χ3v) is 6.82. The molecule has 2 N–H and O–H groups in total. The van der Waals surface area contributed by atoms with Gasteiger partial charge in [0.15, 0.2) is 0 Å². The molecule has 0 aliphatic carbocycles. The molecular formula is C24H28N2O4. The molecule has 2 saturated heterocycles. The number of carboxylic acid groups (broad SMARTS) is 1. The Morgan fingerprint density at radius 1 is 1.13 bits per heavy atom. The van der Waals surface area contributed by atoms with Gasteiger partial charge in [-0.2, -0.15) is 0 Å². The molecule has 0 spiro atoms. The average Bonchev–Trinajstić information content (AvgIpc) is 3.21. The van der Waals surface area contributed by atoms with E-state index in [1.54, 1.807) is 13.8 Å². The summed E-state index contributed by atoms with van der Waals surface area (Å²) < 4.78 is 0. The fourth-order valence-corrected chi connectivity index (χ4v) is 5.20. The number of carbonyl (C=O) groups is 3. The van der Waals surface area contributed by atoms with Crippen molar-refractivity contribution in [3.8, 4) is 0 Å². The molecule has 4 atom stereocenters. The fraction of sp³-hybridized carbons (Fsp3) is 0.458. The van der Waals surface area contributed by atoms with Crippen molar-refractivity contribution in [2.24, 2.45) is 17.8 Å². The van der Waals surface area contributed by atoms with Crippen molar-refractivity contribution >= 4 is 28.6 Å². The summed E-state index contributed by atoms with van der Waals surface area (Å²) in [5, 5.41) is 15.6. The van der Waals surface area contributed by atoms with Gasteiger partial charge in [-0.25, -0.2) is 0 Å². The predicted molar refractivity (Wildman–Crippen MR) is 114 cm³/mol. The van der Waals surface area contributed by atoms with Crippen molar-refractivity contribution in [3.63, 3.8) is 0 Å². The van der Waals surface area contributed by atoms with Crippen molar-refractivity contribution in [2.75, 3.05) is 6.54 Å². The molecule has 4 unspecified atom stereocenters. The number of carboxylic acids is 1. The van der Waals surface area contributed by atoms with E-state index < -0.39 is 29.4 Å². The first kappa shape index (κ1) is 20.5. The highest BCUT2D eigenvalue weighted by Crippen LogP contribution is 2.51. The molecule has 2 aromatic rings. The van der Waals surface area contributed by atoms with Crippen molar-refractivity contribution in [3.05, 3.63) is 48.0 Å². The summed E-state index contributed by atoms with van der Waals surface area (Å²) in [5.74, 6) is -3.67. The molecule has 158 valence electrons. The van der Waals surface area contributed by atoms with Gasteiger partial charge in [0.05, 0.1) is 11.8 Å². The number of nitrogens with one attached hydrogen (secondary N) is 1. The average molecular weight is 408 g/mol. The maximum Gasteiger partial charge on any atom is 0.325 e. The highest BCUT2D eigenvalue weighted by Gasteiger charge is 2.69. The van der Waals surface area contributed by atoms with Gasteiger partial charge >= 0.3 is 5.97 Å². The van der Waals surface area contributed by atoms with E-state index in [2.05, 4.69) is 5.32 Å². The van der Waals surface area contributed by atoms with Crippen LogP contribution in [-0.4, -0.2) is 39.9 Å². The normalized spacial score (nSPS) is 28.5. The van der Waals surface area contributed by atoms with Crippen molar-refractivity contribution in [1.82, 2.24) is 10.2 Å². The van der Waals surface area contributed by atoms with Crippen LogP contribution in [0.25, 0.3) is 10.8 Å². The Bertz CT molecular complexity index is 1020. The van der Waals surface area contributed by atoms with E-state index in [1.807, 2.05) is 49.4 Å². The minimum Gasteiger partial charge on any atom is -0.480 e. The Balaban J connectivity index is 1.84. The van der Waals surface area contributed by atoms with Crippen LogP contribution < -0.4 is 5.32 Å². The lowest BCUT2D eigenvalue weighted by Crippen LogP contribution is -2.59. The van der Waals surface area contributed by atoms with E-state index in [0.717, 1.165) is 22.8 Å². The Morgan fingerprint density at radius 3 is 2.47 bits per heavy atom. The summed E-state index contributed by atoms with van der Waals surface area (Å²) in [5.41, 5.74) is -0.639. The number of unbranched alkanes of at least 4 members (excludes halogenated alkanes) is 1. The molecule has 2 fully saturated rings. The minimum absolute atomic E-state index is 0.257. The first-order valence-electron chi connectivity index (χ1n) is 10.7. The van der Waals surface area contributed by atoms with E-state index in [0.29, 0.717) is 13.0 Å². The highest BCUT2D eigenvalue weighted by molar-refractivity contribution is 6.09. The van der Waals surface area contributed by atoms with E-state index in [1.165, 1.54) is 4.90 Å². The summed E-state index contributed by atoms with van der Waals surface area (Å²) in [4.78, 5) is 40.5. The molecule has 0 bridgehead atoms. The molecular weight excluding hydrogens is 380 g/mol. The summed E-state index contributed by atoms with van der Waals surface area (Å²) in [6, 6.07) is 13.3. The second kappa shape index (κ2) is 7.51. The SMILES string of the molecule is CCCCN1C(=O)C2C(c3ccc4ccccc4c3)NC(C(=O)O)(C(C)C)C2C1=O. The maximum atomic E-state index is 13.4. The Labute approximate surface area is 176 Å². The molecule has 2 heterocycles. The van der Waals surface area contributed by atoms with Crippen LogP contribution in [0.1, 0.15) is 45.2 Å². The molecule has 0 saturated carbocycles. The number of fused-ring (bicyclic) bond motifs is 2. The van der Waals surface area contributed by atoms with Gasteiger partial charge in [-0.1, -0.05) is 63.6 Å². The molecule has 2 aliphatic rings. The van der Waals surface area contributed by atoms with Gasteiger partial charge in [-0.05, 0) is 34.7 Å². The topological polar surface area (TPSA) is 86.7 Å². The molecule has 2 amide bonds. The van der Waals surface area contributed by atoms with Crippen LogP contribution in [-0.2, 0) is 14.4 Å². The van der Waals surface area contributed by atoms with Gasteiger partial charge in [-0.15, -0.1) is 0 Å². The zero-order chi connectivity index (χ0) is 21.6. The largest absolute Gasteiger partial charge is 0.480 e. The van der Waals surface area contributed by atoms with Gasteiger partial charge in [0, 0.05) is 12.6 Å². The molecule has 0 radical (unpaired) electrons. The van der Waals surface area contributed by atoms with Crippen molar-refractivity contribution in [1.29, 1.82) is 0 Å². The lowest BCUT2D eigenvalue weighted by Gasteiger charge is -2.34. The second-order valence-electron chi connectivity index (χ2n) is 8.74. The third-order valence-electron chi connectivity index (χ3n) is 6.82. The summed E-state index contributed by atoms with van der Waals surface area (Å²) >= 11 is 0. The monoisotopic (exact) mass is 408 g/mol. The number of hydrogen-bond acceptors (Lipinski definition) is 4. The number of amides is 2. The van der Waals surface area contributed by atoms with Crippen LogP contribution >= 0.6 is 0 Å². The fourth-order valence-electron chi connectivity index (χ4n) is 5.20. The van der Waals surface area contributed by atoms with Gasteiger partial charge in [-0.3, -0.25) is 24.6 Å². The number of likely N-dealkylation sites (tertiary alicyclic amines) is 1. The van der Waals surface area contributed by atoms with Crippen LogP contribution in [0.3, 0.4) is 0 Å². The van der Waals surface area contributed by atoms with Gasteiger partial charge in [0.1, 0.15) is 5.54 Å². The van der Waals surface area contributed by atoms with E-state index >= 15 is 0 Å². The number of hydrogen-bond donors (Lipinski definition) is 2. The van der Waals surface area contributed by atoms with Crippen LogP contribution in [0.4, 0.5) is 0 Å². The minimum atomic E-state index is -1.48. The Kier molecular flexibility index (Phi) is 5.14. The highest BCUT2D eigenvalue weighted by atomic mass is 16.4. The molecule has 6 nitrogen and oxygen atoms in total. The van der Waals surface area contributed by atoms with E-state index in [9.17, 15) is 19.5 Å². The number of nitrogens with zero attached hydrogens (tertiary/aromatic N) is 1. The van der Waals surface area contributed by atoms with Crippen LogP contribution in [0.5, 0.6) is 0 Å². The molecule has 4 rings (SSSR count). The van der Waals surface area contributed by atoms with Gasteiger partial charge in [0.2, 0.25) is 11.8 Å². The predicted octanol–water partition coefficient (Wildman–Crippen LogP) is 3.36. The third kappa shape index (κ3) is 2.85. The maximum absolute atomic E-state index is 13.4. The zero-order valence-corrected chi connectivity index (χ0v) is 17.6.